The van der Waals surface area contributed by atoms with Gasteiger partial charge in [0.05, 0.1) is 13.2 Å². The molecule has 0 aliphatic carbocycles. The van der Waals surface area contributed by atoms with E-state index in [-0.39, 0.29) is 32.6 Å². The van der Waals surface area contributed by atoms with E-state index in [9.17, 15) is 19.0 Å². The van der Waals surface area contributed by atoms with Crippen LogP contribution >= 0.6 is 7.82 Å². The Hall–Kier alpha value is -2.03. The lowest BCUT2D eigenvalue weighted by atomic mass is 10.1. The molecule has 2 atom stereocenters. The van der Waals surface area contributed by atoms with Gasteiger partial charge in [-0.2, -0.15) is 0 Å². The highest BCUT2D eigenvalue weighted by Gasteiger charge is 2.25. The maximum absolute atomic E-state index is 12.5. The molecule has 47 heavy (non-hydrogen) atoms. The summed E-state index contributed by atoms with van der Waals surface area (Å²) in [6.45, 7) is 3.52. The highest BCUT2D eigenvalue weighted by molar-refractivity contribution is 7.47. The van der Waals surface area contributed by atoms with Crippen LogP contribution in [0, 0.1) is 0 Å². The van der Waals surface area contributed by atoms with Crippen LogP contribution in [0.3, 0.4) is 0 Å². The van der Waals surface area contributed by atoms with Crippen molar-refractivity contribution < 1.29 is 37.6 Å². The van der Waals surface area contributed by atoms with Gasteiger partial charge in [-0.15, -0.1) is 0 Å². The van der Waals surface area contributed by atoms with Gasteiger partial charge in [-0.3, -0.25) is 18.6 Å². The second-order valence-electron chi connectivity index (χ2n) is 11.7. The van der Waals surface area contributed by atoms with Gasteiger partial charge in [0.15, 0.2) is 6.10 Å². The number of carbonyl (C=O) groups is 2. The number of unbranched alkanes of at least 4 members (excludes halogenated alkanes) is 12. The Bertz CT molecular complexity index is 918. The lowest BCUT2D eigenvalue weighted by Gasteiger charge is -2.19. The summed E-state index contributed by atoms with van der Waals surface area (Å²) in [5.41, 5.74) is 5.32. The van der Waals surface area contributed by atoms with E-state index in [2.05, 4.69) is 62.5 Å². The zero-order valence-electron chi connectivity index (χ0n) is 29.5. The van der Waals surface area contributed by atoms with E-state index in [0.29, 0.717) is 6.42 Å². The fourth-order valence-electron chi connectivity index (χ4n) is 4.51. The second kappa shape index (κ2) is 33.9. The first-order valence-electron chi connectivity index (χ1n) is 18.1. The van der Waals surface area contributed by atoms with E-state index < -0.39 is 32.5 Å². The van der Waals surface area contributed by atoms with Crippen LogP contribution in [-0.4, -0.2) is 49.3 Å². The Morgan fingerprint density at radius 2 is 1.17 bits per heavy atom. The Morgan fingerprint density at radius 1 is 0.660 bits per heavy atom. The predicted molar refractivity (Wildman–Crippen MR) is 192 cm³/mol. The van der Waals surface area contributed by atoms with Crippen LogP contribution in [0.25, 0.3) is 0 Å². The van der Waals surface area contributed by atoms with Crippen LogP contribution in [0.15, 0.2) is 48.6 Å². The second-order valence-corrected chi connectivity index (χ2v) is 13.2. The molecule has 10 heteroatoms. The summed E-state index contributed by atoms with van der Waals surface area (Å²) in [6.07, 6.45) is 35.7. The first-order valence-corrected chi connectivity index (χ1v) is 19.6. The maximum Gasteiger partial charge on any atom is 0.472 e. The quantitative estimate of drug-likeness (QED) is 0.0300. The lowest BCUT2D eigenvalue weighted by Crippen LogP contribution is -2.29. The molecule has 0 saturated heterocycles. The van der Waals surface area contributed by atoms with Crippen LogP contribution in [0.4, 0.5) is 0 Å². The lowest BCUT2D eigenvalue weighted by molar-refractivity contribution is -0.161. The smallest absolute Gasteiger partial charge is 0.462 e. The maximum atomic E-state index is 12.5. The van der Waals surface area contributed by atoms with Crippen molar-refractivity contribution >= 4 is 19.8 Å². The van der Waals surface area contributed by atoms with Gasteiger partial charge in [0.25, 0.3) is 0 Å². The molecule has 0 amide bonds. The fraction of sp³-hybridized carbons (Fsp3) is 0.730. The standard InChI is InChI=1S/C37H66NO8P/c1-3-5-7-9-11-13-15-16-17-18-20-22-24-26-28-30-37(40)46-35(34-45-47(41,42)44-32-31-38)33-43-36(39)29-27-25-23-21-19-14-12-10-8-6-4-2/h5,7,10-13,16-17,35H,3-4,6,8-9,14-15,18-34,38H2,1-2H3,(H,41,42)/b7-5-,12-10-,13-11-,17-16-. The largest absolute Gasteiger partial charge is 0.472 e. The van der Waals surface area contributed by atoms with E-state index in [1.165, 1.54) is 12.8 Å². The zero-order chi connectivity index (χ0) is 34.7. The molecule has 9 nitrogen and oxygen atoms in total. The Morgan fingerprint density at radius 3 is 1.77 bits per heavy atom. The molecule has 0 aliphatic rings. The molecule has 0 spiro atoms. The molecule has 0 radical (unpaired) electrons. The minimum absolute atomic E-state index is 0.0474. The first kappa shape index (κ1) is 45.0. The molecule has 0 bridgehead atoms. The van der Waals surface area contributed by atoms with Crippen LogP contribution in [0.2, 0.25) is 0 Å². The van der Waals surface area contributed by atoms with Crippen LogP contribution in [-0.2, 0) is 32.7 Å². The molecule has 272 valence electrons. The van der Waals surface area contributed by atoms with Crippen LogP contribution < -0.4 is 5.73 Å². The van der Waals surface area contributed by atoms with E-state index in [1.54, 1.807) is 0 Å². The van der Waals surface area contributed by atoms with Crippen molar-refractivity contribution in [3.05, 3.63) is 48.6 Å². The average Bonchev–Trinajstić information content (AvgIpc) is 3.05. The number of esters is 2. The summed E-state index contributed by atoms with van der Waals surface area (Å²) < 4.78 is 32.6. The third kappa shape index (κ3) is 33.7. The molecule has 0 aromatic rings. The molecule has 0 saturated carbocycles. The van der Waals surface area contributed by atoms with Gasteiger partial charge in [0.2, 0.25) is 0 Å². The number of rotatable bonds is 33. The normalized spacial score (nSPS) is 14.0. The number of ether oxygens (including phenoxy) is 2. The number of hydrogen-bond donors (Lipinski definition) is 2. The number of phosphoric ester groups is 1. The number of hydrogen-bond acceptors (Lipinski definition) is 8. The number of nitrogens with two attached hydrogens (primary N) is 1. The summed E-state index contributed by atoms with van der Waals surface area (Å²) in [5.74, 6) is -0.866. The molecule has 3 N–H and O–H groups in total. The van der Waals surface area contributed by atoms with Gasteiger partial charge in [-0.1, -0.05) is 114 Å². The van der Waals surface area contributed by atoms with Gasteiger partial charge in [-0.05, 0) is 64.2 Å². The highest BCUT2D eigenvalue weighted by atomic mass is 31.2. The number of carbonyl (C=O) groups excluding carboxylic acids is 2. The molecule has 2 unspecified atom stereocenters. The van der Waals surface area contributed by atoms with Gasteiger partial charge >= 0.3 is 19.8 Å². The van der Waals surface area contributed by atoms with Gasteiger partial charge in [0, 0.05) is 19.4 Å². The summed E-state index contributed by atoms with van der Waals surface area (Å²) in [4.78, 5) is 34.6. The SMILES string of the molecule is CC/C=C\C/C=C\C/C=C\CCCCCCCC(=O)OC(COC(=O)CCCCCCC/C=C\CCCC)COP(=O)(O)OCCN. The molecule has 0 aliphatic heterocycles. The van der Waals surface area contributed by atoms with Crippen molar-refractivity contribution in [3.8, 4) is 0 Å². The third-order valence-corrected chi connectivity index (χ3v) is 8.18. The average molecular weight is 684 g/mol. The number of allylic oxidation sites excluding steroid dienone is 8. The number of phosphoric acid groups is 1. The van der Waals surface area contributed by atoms with Crippen LogP contribution in [0.5, 0.6) is 0 Å². The summed E-state index contributed by atoms with van der Waals surface area (Å²) >= 11 is 0. The summed E-state index contributed by atoms with van der Waals surface area (Å²) in [6, 6.07) is 0. The third-order valence-electron chi connectivity index (χ3n) is 7.20. The van der Waals surface area contributed by atoms with Crippen molar-refractivity contribution in [1.82, 2.24) is 0 Å². The Labute approximate surface area is 286 Å². The molecule has 0 fully saturated rings. The minimum atomic E-state index is -4.37. The Kier molecular flexibility index (Phi) is 32.4. The monoisotopic (exact) mass is 683 g/mol. The van der Waals surface area contributed by atoms with Crippen molar-refractivity contribution in [2.45, 2.75) is 148 Å². The summed E-state index contributed by atoms with van der Waals surface area (Å²) in [7, 11) is -4.37. The van der Waals surface area contributed by atoms with Crippen molar-refractivity contribution in [1.29, 1.82) is 0 Å². The predicted octanol–water partition coefficient (Wildman–Crippen LogP) is 9.60. The Balaban J connectivity index is 4.30. The summed E-state index contributed by atoms with van der Waals surface area (Å²) in [5, 5.41) is 0. The van der Waals surface area contributed by atoms with E-state index >= 15 is 0 Å². The highest BCUT2D eigenvalue weighted by Crippen LogP contribution is 2.43. The van der Waals surface area contributed by atoms with E-state index in [1.807, 2.05) is 0 Å². The van der Waals surface area contributed by atoms with Gasteiger partial charge < -0.3 is 20.1 Å². The minimum Gasteiger partial charge on any atom is -0.462 e. The molecular weight excluding hydrogens is 617 g/mol. The van der Waals surface area contributed by atoms with Crippen molar-refractivity contribution in [2.75, 3.05) is 26.4 Å². The zero-order valence-corrected chi connectivity index (χ0v) is 30.4. The van der Waals surface area contributed by atoms with E-state index in [4.69, 9.17) is 24.3 Å². The van der Waals surface area contributed by atoms with Crippen molar-refractivity contribution in [2.24, 2.45) is 5.73 Å². The molecule has 0 heterocycles. The first-order chi connectivity index (χ1) is 22.8. The topological polar surface area (TPSA) is 134 Å². The molecule has 0 aromatic carbocycles. The molecule has 0 aromatic heterocycles. The molecule has 0 rings (SSSR count). The van der Waals surface area contributed by atoms with Crippen molar-refractivity contribution in [3.63, 3.8) is 0 Å². The molecular formula is C37H66NO8P. The van der Waals surface area contributed by atoms with Crippen LogP contribution in [0.1, 0.15) is 142 Å². The van der Waals surface area contributed by atoms with Gasteiger partial charge in [0.1, 0.15) is 6.61 Å². The van der Waals surface area contributed by atoms with Gasteiger partial charge in [-0.25, -0.2) is 4.57 Å². The fourth-order valence-corrected chi connectivity index (χ4v) is 5.27. The van der Waals surface area contributed by atoms with E-state index in [0.717, 1.165) is 96.3 Å².